The standard InChI is InChI=1S/C10H17ClSi2/c1-12(2)9-5-7-10(8-6-9)13(3,4)11/h5-8,12H,1-4H3. The van der Waals surface area contributed by atoms with Gasteiger partial charge in [0, 0.05) is 0 Å². The summed E-state index contributed by atoms with van der Waals surface area (Å²) in [5, 5.41) is 2.87. The predicted molar refractivity (Wildman–Crippen MR) is 67.9 cm³/mol. The minimum Gasteiger partial charge on any atom is -0.162 e. The van der Waals surface area contributed by atoms with Crippen molar-refractivity contribution in [3.05, 3.63) is 24.3 Å². The van der Waals surface area contributed by atoms with Crippen molar-refractivity contribution >= 4 is 37.6 Å². The highest BCUT2D eigenvalue weighted by atomic mass is 35.6. The van der Waals surface area contributed by atoms with E-state index in [1.165, 1.54) is 10.4 Å². The summed E-state index contributed by atoms with van der Waals surface area (Å²) in [5.74, 6) is 0. The summed E-state index contributed by atoms with van der Waals surface area (Å²) >= 11 is 6.34. The fourth-order valence-corrected chi connectivity index (χ4v) is 3.56. The Bertz CT molecular complexity index is 272. The Morgan fingerprint density at radius 1 is 1.08 bits per heavy atom. The molecule has 0 N–H and O–H groups in total. The molecule has 0 radical (unpaired) electrons. The molecule has 3 heteroatoms. The quantitative estimate of drug-likeness (QED) is 0.537. The van der Waals surface area contributed by atoms with Crippen LogP contribution in [0.25, 0.3) is 0 Å². The van der Waals surface area contributed by atoms with E-state index < -0.39 is 16.2 Å². The zero-order valence-electron chi connectivity index (χ0n) is 8.76. The fourth-order valence-electron chi connectivity index (χ4n) is 1.26. The number of benzene rings is 1. The molecular formula is C10H17ClSi2. The molecule has 1 rings (SSSR count). The van der Waals surface area contributed by atoms with Crippen LogP contribution in [0, 0.1) is 0 Å². The molecule has 0 bridgehead atoms. The molecule has 0 aliphatic heterocycles. The van der Waals surface area contributed by atoms with Crippen molar-refractivity contribution in [2.24, 2.45) is 0 Å². The second kappa shape index (κ2) is 3.99. The fraction of sp³-hybridized carbons (Fsp3) is 0.400. The normalized spacial score (nSPS) is 12.2. The summed E-state index contributed by atoms with van der Waals surface area (Å²) in [4.78, 5) is 0. The Kier molecular flexibility index (Phi) is 3.38. The van der Waals surface area contributed by atoms with Crippen molar-refractivity contribution in [3.8, 4) is 0 Å². The van der Waals surface area contributed by atoms with Crippen LogP contribution in [0.1, 0.15) is 0 Å². The SMILES string of the molecule is C[SiH](C)c1ccc([Si](C)(C)Cl)cc1. The molecule has 0 heterocycles. The second-order valence-electron chi connectivity index (χ2n) is 4.25. The van der Waals surface area contributed by atoms with E-state index in [2.05, 4.69) is 50.5 Å². The van der Waals surface area contributed by atoms with Crippen LogP contribution < -0.4 is 10.4 Å². The van der Waals surface area contributed by atoms with Crippen molar-refractivity contribution in [1.29, 1.82) is 0 Å². The van der Waals surface area contributed by atoms with E-state index in [1.807, 2.05) is 0 Å². The maximum Gasteiger partial charge on any atom is 0.180 e. The maximum atomic E-state index is 6.34. The molecule has 0 nitrogen and oxygen atoms in total. The van der Waals surface area contributed by atoms with Gasteiger partial charge in [-0.15, -0.1) is 0 Å². The van der Waals surface area contributed by atoms with E-state index >= 15 is 0 Å². The molecule has 0 amide bonds. The highest BCUT2D eigenvalue weighted by Gasteiger charge is 2.19. The molecule has 0 aromatic heterocycles. The van der Waals surface area contributed by atoms with Crippen LogP contribution in [0.4, 0.5) is 0 Å². The van der Waals surface area contributed by atoms with Gasteiger partial charge in [-0.3, -0.25) is 0 Å². The summed E-state index contributed by atoms with van der Waals surface area (Å²) in [7, 11) is -2.23. The molecule has 0 spiro atoms. The lowest BCUT2D eigenvalue weighted by atomic mass is 10.4. The first kappa shape index (κ1) is 11.0. The van der Waals surface area contributed by atoms with Crippen LogP contribution in [0.5, 0.6) is 0 Å². The van der Waals surface area contributed by atoms with Crippen molar-refractivity contribution in [2.75, 3.05) is 0 Å². The first-order valence-electron chi connectivity index (χ1n) is 4.70. The zero-order valence-corrected chi connectivity index (χ0v) is 11.7. The topological polar surface area (TPSA) is 0 Å². The van der Waals surface area contributed by atoms with Crippen LogP contribution >= 0.6 is 11.1 Å². The van der Waals surface area contributed by atoms with Crippen LogP contribution in [-0.2, 0) is 0 Å². The van der Waals surface area contributed by atoms with E-state index in [1.54, 1.807) is 0 Å². The van der Waals surface area contributed by atoms with E-state index in [9.17, 15) is 0 Å². The lowest BCUT2D eigenvalue weighted by Gasteiger charge is -2.14. The third-order valence-corrected chi connectivity index (χ3v) is 6.34. The van der Waals surface area contributed by atoms with Gasteiger partial charge in [0.25, 0.3) is 0 Å². The molecule has 0 fully saturated rings. The summed E-state index contributed by atoms with van der Waals surface area (Å²) in [6, 6.07) is 8.93. The van der Waals surface area contributed by atoms with Gasteiger partial charge in [-0.1, -0.05) is 55.6 Å². The third-order valence-electron chi connectivity index (χ3n) is 2.26. The van der Waals surface area contributed by atoms with Gasteiger partial charge in [0.2, 0.25) is 0 Å². The highest BCUT2D eigenvalue weighted by molar-refractivity contribution is 7.26. The van der Waals surface area contributed by atoms with E-state index in [4.69, 9.17) is 11.1 Å². The van der Waals surface area contributed by atoms with E-state index in [-0.39, 0.29) is 0 Å². The lowest BCUT2D eigenvalue weighted by molar-refractivity contribution is 1.76. The molecular weight excluding hydrogens is 212 g/mol. The molecule has 0 saturated carbocycles. The zero-order chi connectivity index (χ0) is 10.1. The minimum absolute atomic E-state index is 0.631. The Morgan fingerprint density at radius 2 is 1.54 bits per heavy atom. The van der Waals surface area contributed by atoms with Crippen molar-refractivity contribution in [1.82, 2.24) is 0 Å². The van der Waals surface area contributed by atoms with Gasteiger partial charge in [0.1, 0.15) is 0 Å². The molecule has 0 aliphatic rings. The lowest BCUT2D eigenvalue weighted by Crippen LogP contribution is -2.36. The largest absolute Gasteiger partial charge is 0.180 e. The van der Waals surface area contributed by atoms with Gasteiger partial charge < -0.3 is 0 Å². The van der Waals surface area contributed by atoms with Crippen LogP contribution in [0.3, 0.4) is 0 Å². The number of hydrogen-bond donors (Lipinski definition) is 0. The molecule has 1 aromatic rings. The Labute approximate surface area is 88.3 Å². The van der Waals surface area contributed by atoms with Crippen molar-refractivity contribution < 1.29 is 0 Å². The van der Waals surface area contributed by atoms with Gasteiger partial charge >= 0.3 is 0 Å². The summed E-state index contributed by atoms with van der Waals surface area (Å²) < 4.78 is 0. The first-order chi connectivity index (χ1) is 5.91. The highest BCUT2D eigenvalue weighted by Crippen LogP contribution is 2.06. The summed E-state index contributed by atoms with van der Waals surface area (Å²) in [6.07, 6.45) is 0. The molecule has 0 saturated heterocycles. The van der Waals surface area contributed by atoms with Crippen molar-refractivity contribution in [3.63, 3.8) is 0 Å². The van der Waals surface area contributed by atoms with Gasteiger partial charge in [-0.05, 0) is 5.19 Å². The third kappa shape index (κ3) is 2.97. The number of halogens is 1. The smallest absolute Gasteiger partial charge is 0.162 e. The molecule has 0 unspecified atom stereocenters. The Hall–Kier alpha value is -0.0562. The number of hydrogen-bond acceptors (Lipinski definition) is 0. The Morgan fingerprint density at radius 3 is 1.85 bits per heavy atom. The van der Waals surface area contributed by atoms with Crippen molar-refractivity contribution in [2.45, 2.75) is 26.2 Å². The van der Waals surface area contributed by atoms with Crippen LogP contribution in [0.2, 0.25) is 26.2 Å². The molecule has 72 valence electrons. The van der Waals surface area contributed by atoms with Crippen LogP contribution in [0.15, 0.2) is 24.3 Å². The van der Waals surface area contributed by atoms with E-state index in [0.717, 1.165) is 0 Å². The average molecular weight is 229 g/mol. The van der Waals surface area contributed by atoms with Gasteiger partial charge in [0.15, 0.2) is 7.38 Å². The maximum absolute atomic E-state index is 6.34. The van der Waals surface area contributed by atoms with Gasteiger partial charge in [-0.2, -0.15) is 11.1 Å². The van der Waals surface area contributed by atoms with Gasteiger partial charge in [-0.25, -0.2) is 0 Å². The molecule has 0 atom stereocenters. The first-order valence-corrected chi connectivity index (χ1v) is 11.6. The average Bonchev–Trinajstić information content (AvgIpc) is 2.03. The Balaban J connectivity index is 2.94. The summed E-state index contributed by atoms with van der Waals surface area (Å²) in [5.41, 5.74) is 0. The van der Waals surface area contributed by atoms with Crippen LogP contribution in [-0.4, -0.2) is 16.2 Å². The monoisotopic (exact) mass is 228 g/mol. The summed E-state index contributed by atoms with van der Waals surface area (Å²) in [6.45, 7) is 9.02. The second-order valence-corrected chi connectivity index (χ2v) is 13.6. The number of rotatable bonds is 2. The molecule has 13 heavy (non-hydrogen) atoms. The minimum atomic E-state index is -1.60. The van der Waals surface area contributed by atoms with E-state index in [0.29, 0.717) is 0 Å². The molecule has 1 aromatic carbocycles. The van der Waals surface area contributed by atoms with Gasteiger partial charge in [0.05, 0.1) is 8.80 Å². The predicted octanol–water partition coefficient (Wildman–Crippen LogP) is 2.03. The molecule has 0 aliphatic carbocycles.